The maximum absolute atomic E-state index is 14.2. The van der Waals surface area contributed by atoms with Crippen molar-refractivity contribution in [2.24, 2.45) is 5.73 Å². The van der Waals surface area contributed by atoms with E-state index in [0.717, 1.165) is 11.3 Å². The fraction of sp³-hybridized carbons (Fsp3) is 0.250. The van der Waals surface area contributed by atoms with E-state index in [1.54, 1.807) is 18.2 Å². The minimum Gasteiger partial charge on any atom is -0.494 e. The third-order valence-electron chi connectivity index (χ3n) is 3.08. The smallest absolute Gasteiger partial charge is 0.170 e. The molecule has 0 aliphatic carbocycles. The molecule has 0 saturated carbocycles. The van der Waals surface area contributed by atoms with Crippen LogP contribution in [0.5, 0.6) is 11.5 Å². The van der Waals surface area contributed by atoms with Crippen LogP contribution in [-0.2, 0) is 0 Å². The number of methoxy groups -OCH3 is 1. The Kier molecular flexibility index (Phi) is 4.58. The summed E-state index contributed by atoms with van der Waals surface area (Å²) in [6.45, 7) is 2.49. The number of ether oxygens (including phenoxy) is 2. The monoisotopic (exact) mass is 275 g/mol. The highest BCUT2D eigenvalue weighted by Gasteiger charge is 2.17. The van der Waals surface area contributed by atoms with Crippen molar-refractivity contribution < 1.29 is 13.9 Å². The molecule has 0 aromatic heterocycles. The molecule has 2 N–H and O–H groups in total. The van der Waals surface area contributed by atoms with E-state index >= 15 is 0 Å². The third-order valence-corrected chi connectivity index (χ3v) is 3.08. The van der Waals surface area contributed by atoms with Crippen molar-refractivity contribution >= 4 is 0 Å². The Bertz CT molecular complexity index is 586. The molecule has 2 rings (SSSR count). The van der Waals surface area contributed by atoms with Crippen molar-refractivity contribution in [3.8, 4) is 11.5 Å². The summed E-state index contributed by atoms with van der Waals surface area (Å²) in [5.74, 6) is 0.493. The van der Waals surface area contributed by atoms with Gasteiger partial charge in [0.2, 0.25) is 0 Å². The number of benzene rings is 2. The number of hydrogen-bond donors (Lipinski definition) is 1. The van der Waals surface area contributed by atoms with Crippen molar-refractivity contribution in [3.63, 3.8) is 0 Å². The first-order valence-electron chi connectivity index (χ1n) is 6.48. The predicted molar refractivity (Wildman–Crippen MR) is 76.6 cm³/mol. The van der Waals surface area contributed by atoms with Crippen LogP contribution < -0.4 is 15.2 Å². The van der Waals surface area contributed by atoms with Crippen molar-refractivity contribution in [1.29, 1.82) is 0 Å². The van der Waals surface area contributed by atoms with Crippen molar-refractivity contribution in [1.82, 2.24) is 0 Å². The van der Waals surface area contributed by atoms with Crippen LogP contribution in [0, 0.1) is 5.82 Å². The van der Waals surface area contributed by atoms with E-state index in [1.165, 1.54) is 7.11 Å². The number of hydrogen-bond acceptors (Lipinski definition) is 3. The van der Waals surface area contributed by atoms with Gasteiger partial charge in [0.25, 0.3) is 0 Å². The summed E-state index contributed by atoms with van der Waals surface area (Å²) in [4.78, 5) is 0. The fourth-order valence-corrected chi connectivity index (χ4v) is 2.07. The lowest BCUT2D eigenvalue weighted by molar-refractivity contribution is 0.339. The molecule has 0 heterocycles. The van der Waals surface area contributed by atoms with Crippen molar-refractivity contribution in [3.05, 3.63) is 59.4 Å². The van der Waals surface area contributed by atoms with Crippen LogP contribution in [0.2, 0.25) is 0 Å². The number of nitrogens with two attached hydrogens (primary N) is 1. The van der Waals surface area contributed by atoms with E-state index in [-0.39, 0.29) is 5.75 Å². The largest absolute Gasteiger partial charge is 0.494 e. The first-order chi connectivity index (χ1) is 9.67. The maximum Gasteiger partial charge on any atom is 0.170 e. The Hall–Kier alpha value is -2.07. The molecule has 106 valence electrons. The van der Waals surface area contributed by atoms with E-state index in [1.807, 2.05) is 31.2 Å². The van der Waals surface area contributed by atoms with Crippen LogP contribution in [0.25, 0.3) is 0 Å². The second-order valence-corrected chi connectivity index (χ2v) is 4.35. The zero-order chi connectivity index (χ0) is 14.5. The summed E-state index contributed by atoms with van der Waals surface area (Å²) in [5, 5.41) is 0. The fourth-order valence-electron chi connectivity index (χ4n) is 2.07. The Morgan fingerprint density at radius 3 is 2.65 bits per heavy atom. The summed E-state index contributed by atoms with van der Waals surface area (Å²) in [7, 11) is 1.43. The minimum atomic E-state index is -0.564. The standard InChI is InChI=1S/C16H18FNO2/c1-3-20-12-7-4-6-11(10-12)16(18)13-8-5-9-14(19-2)15(13)17/h4-10,16H,3,18H2,1-2H3. The molecule has 2 aromatic carbocycles. The summed E-state index contributed by atoms with van der Waals surface area (Å²) in [5.41, 5.74) is 7.35. The lowest BCUT2D eigenvalue weighted by Crippen LogP contribution is -2.14. The molecule has 20 heavy (non-hydrogen) atoms. The van der Waals surface area contributed by atoms with Gasteiger partial charge < -0.3 is 15.2 Å². The molecule has 0 aliphatic rings. The van der Waals surface area contributed by atoms with E-state index in [4.69, 9.17) is 15.2 Å². The Morgan fingerprint density at radius 1 is 1.20 bits per heavy atom. The average molecular weight is 275 g/mol. The van der Waals surface area contributed by atoms with E-state index in [9.17, 15) is 4.39 Å². The van der Waals surface area contributed by atoms with Crippen LogP contribution in [0.3, 0.4) is 0 Å². The summed E-state index contributed by atoms with van der Waals surface area (Å²) < 4.78 is 24.6. The molecule has 4 heteroatoms. The van der Waals surface area contributed by atoms with E-state index in [0.29, 0.717) is 12.2 Å². The lowest BCUT2D eigenvalue weighted by Gasteiger charge is -2.16. The van der Waals surface area contributed by atoms with Gasteiger partial charge in [-0.1, -0.05) is 24.3 Å². The molecular weight excluding hydrogens is 257 g/mol. The molecule has 3 nitrogen and oxygen atoms in total. The van der Waals surface area contributed by atoms with E-state index < -0.39 is 11.9 Å². The molecule has 0 amide bonds. The summed E-state index contributed by atoms with van der Waals surface area (Å²) in [6.07, 6.45) is 0. The molecule has 0 bridgehead atoms. The predicted octanol–water partition coefficient (Wildman–Crippen LogP) is 3.28. The van der Waals surface area contributed by atoms with Crippen LogP contribution in [0.4, 0.5) is 4.39 Å². The Balaban J connectivity index is 2.36. The van der Waals surface area contributed by atoms with Crippen LogP contribution in [0.15, 0.2) is 42.5 Å². The first kappa shape index (κ1) is 14.3. The summed E-state index contributed by atoms with van der Waals surface area (Å²) >= 11 is 0. The van der Waals surface area contributed by atoms with Gasteiger partial charge in [-0.2, -0.15) is 0 Å². The molecule has 0 spiro atoms. The van der Waals surface area contributed by atoms with Crippen molar-refractivity contribution in [2.45, 2.75) is 13.0 Å². The van der Waals surface area contributed by atoms with Gasteiger partial charge in [-0.15, -0.1) is 0 Å². The highest BCUT2D eigenvalue weighted by atomic mass is 19.1. The Morgan fingerprint density at radius 2 is 1.95 bits per heavy atom. The molecule has 2 aromatic rings. The highest BCUT2D eigenvalue weighted by Crippen LogP contribution is 2.29. The molecule has 0 aliphatic heterocycles. The van der Waals surface area contributed by atoms with Gasteiger partial charge in [-0.3, -0.25) is 0 Å². The maximum atomic E-state index is 14.2. The quantitative estimate of drug-likeness (QED) is 0.910. The molecule has 0 saturated heterocycles. The lowest BCUT2D eigenvalue weighted by atomic mass is 9.98. The minimum absolute atomic E-state index is 0.193. The van der Waals surface area contributed by atoms with Gasteiger partial charge in [0, 0.05) is 5.56 Å². The van der Waals surface area contributed by atoms with Crippen molar-refractivity contribution in [2.75, 3.05) is 13.7 Å². The second kappa shape index (κ2) is 6.39. The number of halogens is 1. The highest BCUT2D eigenvalue weighted by molar-refractivity contribution is 5.40. The zero-order valence-electron chi connectivity index (χ0n) is 11.6. The second-order valence-electron chi connectivity index (χ2n) is 4.35. The third kappa shape index (κ3) is 2.91. The topological polar surface area (TPSA) is 44.5 Å². The first-order valence-corrected chi connectivity index (χ1v) is 6.48. The van der Waals surface area contributed by atoms with Gasteiger partial charge in [0.1, 0.15) is 5.75 Å². The zero-order valence-corrected chi connectivity index (χ0v) is 11.6. The normalized spacial score (nSPS) is 12.0. The number of rotatable bonds is 5. The summed E-state index contributed by atoms with van der Waals surface area (Å²) in [6, 6.07) is 11.8. The molecule has 1 unspecified atom stereocenters. The van der Waals surface area contributed by atoms with E-state index in [2.05, 4.69) is 0 Å². The molecular formula is C16H18FNO2. The molecule has 0 radical (unpaired) electrons. The van der Waals surface area contributed by atoms with Crippen LogP contribution >= 0.6 is 0 Å². The van der Waals surface area contributed by atoms with Crippen LogP contribution in [-0.4, -0.2) is 13.7 Å². The van der Waals surface area contributed by atoms with Gasteiger partial charge in [0.15, 0.2) is 11.6 Å². The SMILES string of the molecule is CCOc1cccc(C(N)c2cccc(OC)c2F)c1. The average Bonchev–Trinajstić information content (AvgIpc) is 2.47. The Labute approximate surface area is 118 Å². The van der Waals surface area contributed by atoms with Gasteiger partial charge in [0.05, 0.1) is 19.8 Å². The van der Waals surface area contributed by atoms with Crippen LogP contribution in [0.1, 0.15) is 24.1 Å². The van der Waals surface area contributed by atoms with Gasteiger partial charge >= 0.3 is 0 Å². The van der Waals surface area contributed by atoms with Gasteiger partial charge in [-0.25, -0.2) is 4.39 Å². The molecule has 1 atom stereocenters. The molecule has 0 fully saturated rings. The van der Waals surface area contributed by atoms with Gasteiger partial charge in [-0.05, 0) is 30.7 Å².